The Morgan fingerprint density at radius 3 is 2.00 bits per heavy atom. The van der Waals surface area contributed by atoms with E-state index in [9.17, 15) is 0 Å². The molecule has 0 spiro atoms. The first-order valence-electron chi connectivity index (χ1n) is 5.36. The van der Waals surface area contributed by atoms with Gasteiger partial charge in [0.1, 0.15) is 5.69 Å². The summed E-state index contributed by atoms with van der Waals surface area (Å²) in [7, 11) is 2.04. The predicted molar refractivity (Wildman–Crippen MR) is 67.1 cm³/mol. The number of aromatic nitrogens is 1. The Morgan fingerprint density at radius 1 is 0.875 bits per heavy atom. The molecule has 2 heteroatoms. The summed E-state index contributed by atoms with van der Waals surface area (Å²) in [6.07, 6.45) is 7.80. The van der Waals surface area contributed by atoms with Crippen molar-refractivity contribution in [2.24, 2.45) is 0 Å². The first-order valence-corrected chi connectivity index (χ1v) is 5.36. The molecule has 0 atom stereocenters. The van der Waals surface area contributed by atoms with Gasteiger partial charge in [0, 0.05) is 12.4 Å². The summed E-state index contributed by atoms with van der Waals surface area (Å²) < 4.78 is 0. The van der Waals surface area contributed by atoms with Gasteiger partial charge in [0.25, 0.3) is 0 Å². The maximum atomic E-state index is 3.99. The summed E-state index contributed by atoms with van der Waals surface area (Å²) in [6.45, 7) is 0. The molecular weight excluding hydrogens is 196 g/mol. The van der Waals surface area contributed by atoms with Gasteiger partial charge < -0.3 is 5.32 Å². The number of benzene rings is 1. The van der Waals surface area contributed by atoms with Crippen LogP contribution in [0.25, 0.3) is 12.2 Å². The standard InChI is InChI=1S/C14H14N2/c1-15-14-6-4-12(5-7-14)2-3-13-8-10-16-11-9-13/h2-11,15H,1H3/p+1/b3-2+. The molecule has 1 aromatic carbocycles. The first-order chi connectivity index (χ1) is 7.88. The Kier molecular flexibility index (Phi) is 3.46. The van der Waals surface area contributed by atoms with Crippen molar-refractivity contribution in [2.45, 2.75) is 0 Å². The smallest absolute Gasteiger partial charge is 0.129 e. The Bertz CT molecular complexity index is 458. The number of quaternary nitrogens is 1. The molecule has 0 unspecified atom stereocenters. The lowest BCUT2D eigenvalue weighted by Crippen LogP contribution is -2.72. The number of nitrogens with two attached hydrogens (primary N) is 1. The van der Waals surface area contributed by atoms with Crippen molar-refractivity contribution < 1.29 is 5.32 Å². The number of rotatable bonds is 3. The van der Waals surface area contributed by atoms with Crippen molar-refractivity contribution in [3.63, 3.8) is 0 Å². The highest BCUT2D eigenvalue weighted by Crippen LogP contribution is 2.09. The van der Waals surface area contributed by atoms with E-state index in [-0.39, 0.29) is 0 Å². The van der Waals surface area contributed by atoms with Gasteiger partial charge in [-0.3, -0.25) is 4.98 Å². The zero-order chi connectivity index (χ0) is 11.2. The average Bonchev–Trinajstić information content (AvgIpc) is 2.38. The van der Waals surface area contributed by atoms with Crippen LogP contribution in [0.15, 0.2) is 48.8 Å². The van der Waals surface area contributed by atoms with E-state index in [1.165, 1.54) is 16.8 Å². The minimum atomic E-state index is 1.17. The van der Waals surface area contributed by atoms with E-state index >= 15 is 0 Å². The molecule has 0 aliphatic rings. The van der Waals surface area contributed by atoms with E-state index in [4.69, 9.17) is 0 Å². The molecule has 0 bridgehead atoms. The molecule has 0 aliphatic heterocycles. The van der Waals surface area contributed by atoms with Gasteiger partial charge in [-0.05, 0) is 47.5 Å². The second-order valence-electron chi connectivity index (χ2n) is 3.57. The maximum absolute atomic E-state index is 3.99. The number of hydrogen-bond donors (Lipinski definition) is 1. The summed E-state index contributed by atoms with van der Waals surface area (Å²) in [5.74, 6) is 0. The Hall–Kier alpha value is -1.93. The van der Waals surface area contributed by atoms with Gasteiger partial charge in [0.05, 0.1) is 7.05 Å². The Labute approximate surface area is 95.7 Å². The van der Waals surface area contributed by atoms with Crippen LogP contribution in [0.5, 0.6) is 0 Å². The topological polar surface area (TPSA) is 29.5 Å². The number of pyridine rings is 1. The van der Waals surface area contributed by atoms with E-state index in [0.717, 1.165) is 0 Å². The zero-order valence-corrected chi connectivity index (χ0v) is 9.30. The van der Waals surface area contributed by atoms with Gasteiger partial charge >= 0.3 is 0 Å². The molecule has 2 rings (SSSR count). The Balaban J connectivity index is 2.12. The second kappa shape index (κ2) is 5.24. The summed E-state index contributed by atoms with van der Waals surface area (Å²) >= 11 is 0. The lowest BCUT2D eigenvalue weighted by molar-refractivity contribution is -0.539. The second-order valence-corrected chi connectivity index (χ2v) is 3.57. The van der Waals surface area contributed by atoms with Crippen LogP contribution in [0.4, 0.5) is 5.69 Å². The fourth-order valence-electron chi connectivity index (χ4n) is 1.47. The largest absolute Gasteiger partial charge is 0.316 e. The van der Waals surface area contributed by atoms with Crippen LogP contribution >= 0.6 is 0 Å². The van der Waals surface area contributed by atoms with Crippen molar-refractivity contribution in [1.82, 2.24) is 4.98 Å². The molecule has 0 saturated carbocycles. The molecular formula is C14H15N2+. The monoisotopic (exact) mass is 211 g/mol. The van der Waals surface area contributed by atoms with E-state index in [0.29, 0.717) is 0 Å². The van der Waals surface area contributed by atoms with Gasteiger partial charge in [-0.1, -0.05) is 12.2 Å². The van der Waals surface area contributed by atoms with Gasteiger partial charge in [-0.15, -0.1) is 0 Å². The SMILES string of the molecule is C[NH2+]c1ccc(/C=C/c2ccncc2)cc1. The van der Waals surface area contributed by atoms with Gasteiger partial charge in [-0.25, -0.2) is 0 Å². The van der Waals surface area contributed by atoms with Gasteiger partial charge in [-0.2, -0.15) is 0 Å². The van der Waals surface area contributed by atoms with Crippen LogP contribution < -0.4 is 5.32 Å². The molecule has 0 aliphatic carbocycles. The number of nitrogens with zero attached hydrogens (tertiary/aromatic N) is 1. The minimum absolute atomic E-state index is 1.17. The third-order valence-electron chi connectivity index (χ3n) is 2.44. The molecule has 2 nitrogen and oxygen atoms in total. The molecule has 0 amide bonds. The van der Waals surface area contributed by atoms with Crippen LogP contribution in [0.2, 0.25) is 0 Å². The molecule has 2 N–H and O–H groups in total. The van der Waals surface area contributed by atoms with Crippen LogP contribution in [0.3, 0.4) is 0 Å². The molecule has 2 aromatic rings. The van der Waals surface area contributed by atoms with E-state index in [1.807, 2.05) is 19.2 Å². The fourth-order valence-corrected chi connectivity index (χ4v) is 1.47. The fraction of sp³-hybridized carbons (Fsp3) is 0.0714. The third kappa shape index (κ3) is 2.78. The third-order valence-corrected chi connectivity index (χ3v) is 2.44. The van der Waals surface area contributed by atoms with Gasteiger partial charge in [0.15, 0.2) is 0 Å². The normalized spacial score (nSPS) is 10.8. The molecule has 1 aromatic heterocycles. The summed E-state index contributed by atoms with van der Waals surface area (Å²) in [5, 5.41) is 2.09. The lowest BCUT2D eigenvalue weighted by Gasteiger charge is -1.96. The highest BCUT2D eigenvalue weighted by Gasteiger charge is 1.91. The zero-order valence-electron chi connectivity index (χ0n) is 9.30. The van der Waals surface area contributed by atoms with Crippen molar-refractivity contribution in [3.05, 3.63) is 59.9 Å². The van der Waals surface area contributed by atoms with Crippen LogP contribution in [0.1, 0.15) is 11.1 Å². The minimum Gasteiger partial charge on any atom is -0.316 e. The predicted octanol–water partition coefficient (Wildman–Crippen LogP) is 2.08. The molecule has 80 valence electrons. The summed E-state index contributed by atoms with van der Waals surface area (Å²) in [4.78, 5) is 3.99. The summed E-state index contributed by atoms with van der Waals surface area (Å²) in [5.41, 5.74) is 3.63. The average molecular weight is 211 g/mol. The van der Waals surface area contributed by atoms with E-state index in [2.05, 4.69) is 46.7 Å². The highest BCUT2D eigenvalue weighted by molar-refractivity contribution is 5.69. The molecule has 0 radical (unpaired) electrons. The van der Waals surface area contributed by atoms with Crippen molar-refractivity contribution in [3.8, 4) is 0 Å². The first kappa shape index (κ1) is 10.6. The van der Waals surface area contributed by atoms with Gasteiger partial charge in [0.2, 0.25) is 0 Å². The van der Waals surface area contributed by atoms with Crippen LogP contribution in [-0.2, 0) is 0 Å². The summed E-state index contributed by atoms with van der Waals surface area (Å²) in [6, 6.07) is 12.5. The Morgan fingerprint density at radius 2 is 1.44 bits per heavy atom. The van der Waals surface area contributed by atoms with Crippen molar-refractivity contribution in [2.75, 3.05) is 7.05 Å². The lowest BCUT2D eigenvalue weighted by atomic mass is 10.1. The maximum Gasteiger partial charge on any atom is 0.129 e. The van der Waals surface area contributed by atoms with E-state index in [1.54, 1.807) is 12.4 Å². The van der Waals surface area contributed by atoms with Crippen LogP contribution in [0, 0.1) is 0 Å². The molecule has 16 heavy (non-hydrogen) atoms. The highest BCUT2D eigenvalue weighted by atomic mass is 14.8. The quantitative estimate of drug-likeness (QED) is 0.774. The van der Waals surface area contributed by atoms with E-state index < -0.39 is 0 Å². The van der Waals surface area contributed by atoms with Crippen molar-refractivity contribution >= 4 is 17.8 Å². The molecule has 0 saturated heterocycles. The number of hydrogen-bond acceptors (Lipinski definition) is 1. The van der Waals surface area contributed by atoms with Crippen LogP contribution in [-0.4, -0.2) is 12.0 Å². The molecule has 1 heterocycles. The molecule has 0 fully saturated rings. The van der Waals surface area contributed by atoms with Crippen molar-refractivity contribution in [1.29, 1.82) is 0 Å².